The average molecular weight is 403 g/mol. The Morgan fingerprint density at radius 2 is 1.54 bits per heavy atom. The molecule has 0 saturated carbocycles. The van der Waals surface area contributed by atoms with E-state index in [9.17, 15) is 13.2 Å². The molecule has 1 aliphatic rings. The first kappa shape index (κ1) is 28.8. The number of nitrogens with one attached hydrogen (secondary N) is 1. The molecule has 0 saturated heterocycles. The molecule has 10 nitrogen and oxygen atoms in total. The Bertz CT molecular complexity index is 618. The van der Waals surface area contributed by atoms with Crippen LogP contribution in [0.3, 0.4) is 0 Å². The summed E-state index contributed by atoms with van der Waals surface area (Å²) in [7, 11) is -3.55. The van der Waals surface area contributed by atoms with Crippen molar-refractivity contribution in [2.45, 2.75) is 11.0 Å². The molecule has 0 unspecified atom stereocenters. The van der Waals surface area contributed by atoms with E-state index < -0.39 is 28.2 Å². The number of hydrogen-bond donors (Lipinski definition) is 6. The van der Waals surface area contributed by atoms with Gasteiger partial charge < -0.3 is 25.5 Å². The van der Waals surface area contributed by atoms with Gasteiger partial charge in [-0.1, -0.05) is 12.1 Å². The Hall–Kier alpha value is 0.0497. The number of sulfonamides is 1. The Labute approximate surface area is 189 Å². The summed E-state index contributed by atoms with van der Waals surface area (Å²) < 4.78 is 24.2. The number of amides is 1. The zero-order valence-corrected chi connectivity index (χ0v) is 11.9. The number of carboxylic acid groups (broad SMARTS) is 2. The molecule has 130 valence electrons. The second kappa shape index (κ2) is 14.2. The van der Waals surface area contributed by atoms with Gasteiger partial charge in [-0.2, -0.15) is 0 Å². The van der Waals surface area contributed by atoms with E-state index >= 15 is 0 Å². The van der Waals surface area contributed by atoms with E-state index in [1.807, 2.05) is 4.72 Å². The average Bonchev–Trinajstić information content (AvgIpc) is 2.69. The second-order valence-corrected chi connectivity index (χ2v) is 5.38. The summed E-state index contributed by atoms with van der Waals surface area (Å²) in [5, 5.41) is 38.0. The van der Waals surface area contributed by atoms with Crippen LogP contribution in [-0.2, 0) is 10.0 Å². The van der Waals surface area contributed by atoms with Crippen LogP contribution in [0.5, 0.6) is 0 Å². The fourth-order valence-electron chi connectivity index (χ4n) is 1.18. The molecule has 13 heteroatoms. The molecule has 1 aromatic rings. The van der Waals surface area contributed by atoms with Gasteiger partial charge in [0, 0.05) is 0 Å². The number of carbonyl (C=O) groups is 2. The van der Waals surface area contributed by atoms with Crippen molar-refractivity contribution >= 4 is 89.4 Å². The van der Waals surface area contributed by atoms with Crippen LogP contribution in [-0.4, -0.2) is 133 Å². The zero-order valence-electron chi connectivity index (χ0n) is 11.1. The molecule has 0 fully saturated rings. The van der Waals surface area contributed by atoms with Crippen molar-refractivity contribution in [2.24, 2.45) is 0 Å². The molecule has 1 aromatic carbocycles. The first-order valence-corrected chi connectivity index (χ1v) is 7.11. The number of aliphatic hydroxyl groups is 3. The molecule has 0 aliphatic carbocycles. The fraction of sp³-hybridized carbons (Fsp3) is 0.273. The van der Waals surface area contributed by atoms with Crippen LogP contribution < -0.4 is 4.72 Å². The van der Waals surface area contributed by atoms with Gasteiger partial charge >= 0.3 is 73.5 Å². The van der Waals surface area contributed by atoms with Gasteiger partial charge in [-0.3, -0.25) is 4.79 Å². The SMILES string of the molecule is O=C(O)O.O=C1NS(=O)(=O)c2ccccc21.OCC(O)CO.[CaH2].[NaH]. The molecular formula is C11H18CaNNaO9S. The topological polar surface area (TPSA) is 181 Å². The fourth-order valence-corrected chi connectivity index (χ4v) is 2.35. The third-order valence-corrected chi connectivity index (χ3v) is 3.46. The first-order chi connectivity index (χ1) is 10.2. The maximum absolute atomic E-state index is 11.1. The Balaban J connectivity index is -0.000000317. The summed E-state index contributed by atoms with van der Waals surface area (Å²) >= 11 is 0. The van der Waals surface area contributed by atoms with Crippen molar-refractivity contribution in [3.05, 3.63) is 29.8 Å². The molecule has 1 aliphatic heterocycles. The predicted octanol–water partition coefficient (Wildman–Crippen LogP) is -2.89. The van der Waals surface area contributed by atoms with Crippen molar-refractivity contribution in [1.82, 2.24) is 4.72 Å². The summed E-state index contributed by atoms with van der Waals surface area (Å²) in [6.45, 7) is -0.729. The summed E-state index contributed by atoms with van der Waals surface area (Å²) in [6.07, 6.45) is -2.79. The molecule has 0 aromatic heterocycles. The van der Waals surface area contributed by atoms with Gasteiger partial charge in [-0.25, -0.2) is 17.9 Å². The van der Waals surface area contributed by atoms with Crippen LogP contribution in [0.2, 0.25) is 0 Å². The molecule has 1 heterocycles. The van der Waals surface area contributed by atoms with Gasteiger partial charge in [0.05, 0.1) is 18.8 Å². The molecule has 0 atom stereocenters. The first-order valence-electron chi connectivity index (χ1n) is 5.63. The molecule has 2 rings (SSSR count). The Morgan fingerprint density at radius 3 is 1.88 bits per heavy atom. The molecule has 1 amide bonds. The van der Waals surface area contributed by atoms with E-state index in [0.717, 1.165) is 0 Å². The monoisotopic (exact) mass is 403 g/mol. The zero-order chi connectivity index (χ0) is 17.3. The van der Waals surface area contributed by atoms with E-state index in [0.29, 0.717) is 0 Å². The minimum absolute atomic E-state index is 0. The number of benzene rings is 1. The van der Waals surface area contributed by atoms with E-state index in [1.165, 1.54) is 12.1 Å². The summed E-state index contributed by atoms with van der Waals surface area (Å²) in [6, 6.07) is 6.09. The maximum atomic E-state index is 11.1. The van der Waals surface area contributed by atoms with Gasteiger partial charge in [0.25, 0.3) is 15.9 Å². The summed E-state index contributed by atoms with van der Waals surface area (Å²) in [4.78, 5) is 19.6. The van der Waals surface area contributed by atoms with E-state index in [4.69, 9.17) is 30.3 Å². The number of aliphatic hydroxyl groups excluding tert-OH is 3. The minimum atomic E-state index is -3.55. The summed E-state index contributed by atoms with van der Waals surface area (Å²) in [5.41, 5.74) is 0.220. The molecule has 0 radical (unpaired) electrons. The van der Waals surface area contributed by atoms with Gasteiger partial charge in [0.15, 0.2) is 0 Å². The normalized spacial score (nSPS) is 12.8. The second-order valence-electron chi connectivity index (χ2n) is 3.73. The van der Waals surface area contributed by atoms with Crippen molar-refractivity contribution in [3.63, 3.8) is 0 Å². The third-order valence-electron chi connectivity index (χ3n) is 2.07. The number of rotatable bonds is 2. The van der Waals surface area contributed by atoms with Crippen LogP contribution in [0, 0.1) is 0 Å². The van der Waals surface area contributed by atoms with Gasteiger partial charge in [-0.15, -0.1) is 0 Å². The van der Waals surface area contributed by atoms with Crippen molar-refractivity contribution in [2.75, 3.05) is 13.2 Å². The van der Waals surface area contributed by atoms with Crippen LogP contribution >= 0.6 is 0 Å². The van der Waals surface area contributed by atoms with Gasteiger partial charge in [-0.05, 0) is 12.1 Å². The predicted molar refractivity (Wildman–Crippen MR) is 87.6 cm³/mol. The molecule has 6 N–H and O–H groups in total. The van der Waals surface area contributed by atoms with Crippen molar-refractivity contribution < 1.29 is 43.5 Å². The van der Waals surface area contributed by atoms with Crippen molar-refractivity contribution in [3.8, 4) is 0 Å². The van der Waals surface area contributed by atoms with Gasteiger partial charge in [0.1, 0.15) is 11.0 Å². The molecular weight excluding hydrogens is 385 g/mol. The van der Waals surface area contributed by atoms with Crippen molar-refractivity contribution in [1.29, 1.82) is 0 Å². The molecule has 0 bridgehead atoms. The Morgan fingerprint density at radius 1 is 1.12 bits per heavy atom. The number of carbonyl (C=O) groups excluding carboxylic acids is 1. The summed E-state index contributed by atoms with van der Waals surface area (Å²) in [5.74, 6) is -0.550. The van der Waals surface area contributed by atoms with E-state index in [-0.39, 0.29) is 91.0 Å². The Kier molecular flexibility index (Phi) is 17.1. The van der Waals surface area contributed by atoms with E-state index in [2.05, 4.69) is 0 Å². The standard InChI is InChI=1S/C7H5NO3S.C3H8O3.CH2O3.Ca.Na.3H/c9-7-5-3-1-2-4-6(5)12(10,11)8-7;4-1-3(6)2-5;2-1(3)4;;;;;/h1-4H,(H,8,9);3-6H,1-2H2;(H2,2,3,4);;;;;. The van der Waals surface area contributed by atoms with Gasteiger partial charge in [0.2, 0.25) is 0 Å². The molecule has 0 spiro atoms. The number of hydrogen-bond acceptors (Lipinski definition) is 7. The third kappa shape index (κ3) is 10.8. The van der Waals surface area contributed by atoms with Crippen LogP contribution in [0.15, 0.2) is 29.2 Å². The number of fused-ring (bicyclic) bond motifs is 1. The van der Waals surface area contributed by atoms with Crippen LogP contribution in [0.4, 0.5) is 4.79 Å². The van der Waals surface area contributed by atoms with E-state index in [1.54, 1.807) is 12.1 Å². The van der Waals surface area contributed by atoms with Crippen LogP contribution in [0.25, 0.3) is 0 Å². The molecule has 24 heavy (non-hydrogen) atoms. The van der Waals surface area contributed by atoms with Crippen LogP contribution in [0.1, 0.15) is 10.4 Å². The quantitative estimate of drug-likeness (QED) is 0.282.